The number of hydrogen-bond acceptors (Lipinski definition) is 2. The second-order valence-corrected chi connectivity index (χ2v) is 5.86. The molecule has 0 atom stereocenters. The Morgan fingerprint density at radius 1 is 1.21 bits per heavy atom. The molecule has 1 aromatic rings. The maximum Gasteiger partial charge on any atom is 0.435 e. The number of halogens is 6. The average molecular weight is 357 g/mol. The van der Waals surface area contributed by atoms with Crippen molar-refractivity contribution in [1.82, 2.24) is 15.1 Å². The summed E-state index contributed by atoms with van der Waals surface area (Å²) in [5, 5.41) is 5.58. The Morgan fingerprint density at radius 2 is 1.83 bits per heavy atom. The van der Waals surface area contributed by atoms with Crippen molar-refractivity contribution in [3.63, 3.8) is 0 Å². The first-order chi connectivity index (χ1) is 11.1. The van der Waals surface area contributed by atoms with E-state index in [9.17, 15) is 31.1 Å². The number of carbonyl (C=O) groups excluding carboxylic acids is 1. The lowest BCUT2D eigenvalue weighted by Crippen LogP contribution is -2.49. The van der Waals surface area contributed by atoms with Gasteiger partial charge < -0.3 is 5.32 Å². The number of amides is 1. The van der Waals surface area contributed by atoms with E-state index in [1.54, 1.807) is 0 Å². The molecule has 10 heteroatoms. The summed E-state index contributed by atoms with van der Waals surface area (Å²) in [6, 6.07) is 0.815. The van der Waals surface area contributed by atoms with E-state index in [1.807, 2.05) is 0 Å². The maximum absolute atomic E-state index is 13.2. The summed E-state index contributed by atoms with van der Waals surface area (Å²) in [6.07, 6.45) is -7.58. The zero-order chi connectivity index (χ0) is 18.0. The Hall–Kier alpha value is -1.74. The highest BCUT2D eigenvalue weighted by molar-refractivity contribution is 5.83. The van der Waals surface area contributed by atoms with Crippen LogP contribution in [0.1, 0.15) is 37.8 Å². The van der Waals surface area contributed by atoms with Crippen LogP contribution in [0.3, 0.4) is 0 Å². The third-order valence-corrected chi connectivity index (χ3v) is 4.22. The summed E-state index contributed by atoms with van der Waals surface area (Å²) < 4.78 is 77.7. The Labute approximate surface area is 134 Å². The zero-order valence-electron chi connectivity index (χ0n) is 12.7. The number of carbonyl (C=O) groups is 1. The monoisotopic (exact) mass is 357 g/mol. The van der Waals surface area contributed by atoms with E-state index < -0.39 is 29.4 Å². The molecule has 1 fully saturated rings. The van der Waals surface area contributed by atoms with E-state index in [0.717, 1.165) is 16.9 Å². The molecule has 1 heterocycles. The van der Waals surface area contributed by atoms with Gasteiger partial charge in [0.05, 0.1) is 0 Å². The van der Waals surface area contributed by atoms with Gasteiger partial charge in [-0.3, -0.25) is 9.48 Å². The van der Waals surface area contributed by atoms with Crippen LogP contribution < -0.4 is 5.32 Å². The molecular formula is C14H17F6N3O. The first-order valence-corrected chi connectivity index (χ1v) is 7.52. The Balaban J connectivity index is 1.83. The normalized spacial score (nSPS) is 17.9. The van der Waals surface area contributed by atoms with E-state index in [-0.39, 0.29) is 32.4 Å². The average Bonchev–Trinajstić information content (AvgIpc) is 3.11. The number of nitrogens with one attached hydrogen (secondary N) is 1. The fraction of sp³-hybridized carbons (Fsp3) is 0.714. The SMILES string of the molecule is O=C(NCCCn1ccc(C(F)(F)F)n1)C1(C(F)(F)F)CCCC1. The Morgan fingerprint density at radius 3 is 2.33 bits per heavy atom. The van der Waals surface area contributed by atoms with Crippen molar-refractivity contribution in [2.75, 3.05) is 6.54 Å². The summed E-state index contributed by atoms with van der Waals surface area (Å²) in [4.78, 5) is 12.0. The molecule has 0 aliphatic heterocycles. The number of aromatic nitrogens is 2. The third-order valence-electron chi connectivity index (χ3n) is 4.22. The topological polar surface area (TPSA) is 46.9 Å². The molecule has 2 rings (SSSR count). The molecule has 1 aliphatic carbocycles. The van der Waals surface area contributed by atoms with Crippen molar-refractivity contribution >= 4 is 5.91 Å². The van der Waals surface area contributed by atoms with Gasteiger partial charge in [-0.15, -0.1) is 0 Å². The quantitative estimate of drug-likeness (QED) is 0.647. The van der Waals surface area contributed by atoms with E-state index in [0.29, 0.717) is 12.8 Å². The number of nitrogens with zero attached hydrogens (tertiary/aromatic N) is 2. The van der Waals surface area contributed by atoms with Crippen molar-refractivity contribution in [3.8, 4) is 0 Å². The lowest BCUT2D eigenvalue weighted by molar-refractivity contribution is -0.220. The van der Waals surface area contributed by atoms with Crippen molar-refractivity contribution < 1.29 is 31.1 Å². The molecule has 0 spiro atoms. The molecule has 1 saturated carbocycles. The van der Waals surface area contributed by atoms with Crippen LogP contribution >= 0.6 is 0 Å². The molecule has 4 nitrogen and oxygen atoms in total. The van der Waals surface area contributed by atoms with Gasteiger partial charge in [0, 0.05) is 19.3 Å². The summed E-state index contributed by atoms with van der Waals surface area (Å²) in [5.41, 5.74) is -3.36. The van der Waals surface area contributed by atoms with Crippen molar-refractivity contribution in [1.29, 1.82) is 0 Å². The van der Waals surface area contributed by atoms with Crippen molar-refractivity contribution in [2.24, 2.45) is 5.41 Å². The maximum atomic E-state index is 13.2. The molecule has 0 bridgehead atoms. The van der Waals surface area contributed by atoms with Gasteiger partial charge in [0.1, 0.15) is 5.41 Å². The lowest BCUT2D eigenvalue weighted by Gasteiger charge is -2.30. The fourth-order valence-electron chi connectivity index (χ4n) is 2.87. The van der Waals surface area contributed by atoms with Gasteiger partial charge in [0.25, 0.3) is 0 Å². The number of rotatable bonds is 5. The highest BCUT2D eigenvalue weighted by atomic mass is 19.4. The fourth-order valence-corrected chi connectivity index (χ4v) is 2.87. The molecule has 1 amide bonds. The van der Waals surface area contributed by atoms with E-state index >= 15 is 0 Å². The van der Waals surface area contributed by atoms with Crippen LogP contribution in [0.2, 0.25) is 0 Å². The largest absolute Gasteiger partial charge is 0.435 e. The van der Waals surface area contributed by atoms with Gasteiger partial charge in [-0.25, -0.2) is 0 Å². The summed E-state index contributed by atoms with van der Waals surface area (Å²) in [7, 11) is 0. The third kappa shape index (κ3) is 3.84. The molecule has 1 N–H and O–H groups in total. The van der Waals surface area contributed by atoms with Gasteiger partial charge in [-0.1, -0.05) is 12.8 Å². The van der Waals surface area contributed by atoms with Gasteiger partial charge >= 0.3 is 12.4 Å². The minimum absolute atomic E-state index is 0.0577. The molecule has 0 aromatic carbocycles. The summed E-state index contributed by atoms with van der Waals surface area (Å²) in [6.45, 7) is 0.00719. The Bertz CT molecular complexity index is 572. The first-order valence-electron chi connectivity index (χ1n) is 7.52. The van der Waals surface area contributed by atoms with E-state index in [4.69, 9.17) is 0 Å². The highest BCUT2D eigenvalue weighted by Gasteiger charge is 2.60. The zero-order valence-corrected chi connectivity index (χ0v) is 12.7. The van der Waals surface area contributed by atoms with Gasteiger partial charge in [-0.05, 0) is 25.3 Å². The van der Waals surface area contributed by atoms with Crippen LogP contribution in [0.25, 0.3) is 0 Å². The molecular weight excluding hydrogens is 340 g/mol. The molecule has 1 aromatic heterocycles. The minimum Gasteiger partial charge on any atom is -0.355 e. The van der Waals surface area contributed by atoms with Gasteiger partial charge in [0.15, 0.2) is 5.69 Å². The van der Waals surface area contributed by atoms with Crippen LogP contribution in [0, 0.1) is 5.41 Å². The molecule has 0 radical (unpaired) electrons. The van der Waals surface area contributed by atoms with Crippen LogP contribution in [0.4, 0.5) is 26.3 Å². The minimum atomic E-state index is -4.60. The van der Waals surface area contributed by atoms with Crippen LogP contribution in [0.15, 0.2) is 12.3 Å². The second kappa shape index (κ2) is 6.64. The van der Waals surface area contributed by atoms with Crippen molar-refractivity contribution in [3.05, 3.63) is 18.0 Å². The Kier molecular flexibility index (Phi) is 5.14. The number of alkyl halides is 6. The smallest absolute Gasteiger partial charge is 0.355 e. The van der Waals surface area contributed by atoms with Crippen LogP contribution in [0.5, 0.6) is 0 Å². The van der Waals surface area contributed by atoms with E-state index in [1.165, 1.54) is 0 Å². The second-order valence-electron chi connectivity index (χ2n) is 5.86. The predicted octanol–water partition coefficient (Wildman–Crippen LogP) is 3.53. The summed E-state index contributed by atoms with van der Waals surface area (Å²) >= 11 is 0. The van der Waals surface area contributed by atoms with Gasteiger partial charge in [0.2, 0.25) is 5.91 Å². The van der Waals surface area contributed by atoms with E-state index in [2.05, 4.69) is 10.4 Å². The standard InChI is InChI=1S/C14H17F6N3O/c15-13(16,17)10-4-9-23(22-10)8-3-7-21-11(24)12(14(18,19)20)5-1-2-6-12/h4,9H,1-3,5-8H2,(H,21,24). The number of aryl methyl sites for hydroxylation is 1. The highest BCUT2D eigenvalue weighted by Crippen LogP contribution is 2.50. The molecule has 0 saturated heterocycles. The van der Waals surface area contributed by atoms with Gasteiger partial charge in [-0.2, -0.15) is 31.4 Å². The number of hydrogen-bond donors (Lipinski definition) is 1. The first kappa shape index (κ1) is 18.6. The lowest BCUT2D eigenvalue weighted by atomic mass is 9.84. The predicted molar refractivity (Wildman–Crippen MR) is 71.8 cm³/mol. The molecule has 1 aliphatic rings. The van der Waals surface area contributed by atoms with Crippen molar-refractivity contribution in [2.45, 2.75) is 51.0 Å². The molecule has 0 unspecified atom stereocenters. The summed E-state index contributed by atoms with van der Waals surface area (Å²) in [5.74, 6) is -1.05. The van der Waals surface area contributed by atoms with Crippen LogP contribution in [-0.2, 0) is 17.5 Å². The molecule has 24 heavy (non-hydrogen) atoms. The molecule has 136 valence electrons. The van der Waals surface area contributed by atoms with Crippen LogP contribution in [-0.4, -0.2) is 28.4 Å².